The molecule has 0 spiro atoms. The van der Waals surface area contributed by atoms with Crippen LogP contribution >= 0.6 is 0 Å². The molecule has 2 aromatic rings. The van der Waals surface area contributed by atoms with Gasteiger partial charge in [-0.1, -0.05) is 18.2 Å². The fraction of sp³-hybridized carbons (Fsp3) is 0.308. The second kappa shape index (κ2) is 3.54. The molecule has 0 atom stereocenters. The predicted molar refractivity (Wildman–Crippen MR) is 61.3 cm³/mol. The second-order valence-electron chi connectivity index (χ2n) is 4.31. The van der Waals surface area contributed by atoms with Gasteiger partial charge in [0.2, 0.25) is 0 Å². The van der Waals surface area contributed by atoms with Crippen LogP contribution in [-0.2, 0) is 10.2 Å². The summed E-state index contributed by atoms with van der Waals surface area (Å²) in [5.74, 6) is 0. The molecular weight excluding hydrogens is 202 g/mol. The highest BCUT2D eigenvalue weighted by Crippen LogP contribution is 2.35. The smallest absolute Gasteiger partial charge is 0.0704 e. The van der Waals surface area contributed by atoms with Gasteiger partial charge in [-0.05, 0) is 17.7 Å². The molecule has 2 heterocycles. The number of rotatable bonds is 2. The minimum atomic E-state index is -0.220. The Kier molecular flexibility index (Phi) is 2.16. The van der Waals surface area contributed by atoms with Gasteiger partial charge in [0.05, 0.1) is 30.8 Å². The summed E-state index contributed by atoms with van der Waals surface area (Å²) in [7, 11) is 0. The maximum Gasteiger partial charge on any atom is 0.0704 e. The van der Waals surface area contributed by atoms with Crippen molar-refractivity contribution in [2.75, 3.05) is 19.8 Å². The third-order valence-corrected chi connectivity index (χ3v) is 3.28. The Hall–Kier alpha value is -1.45. The van der Waals surface area contributed by atoms with Crippen molar-refractivity contribution in [2.24, 2.45) is 0 Å². The average molecular weight is 215 g/mol. The molecule has 0 radical (unpaired) electrons. The molecule has 1 aromatic heterocycles. The van der Waals surface area contributed by atoms with Crippen LogP contribution in [0.5, 0.6) is 0 Å². The van der Waals surface area contributed by atoms with Crippen LogP contribution in [-0.4, -0.2) is 29.9 Å². The number of hydrogen-bond acceptors (Lipinski definition) is 3. The lowest BCUT2D eigenvalue weighted by Crippen LogP contribution is -2.49. The zero-order valence-corrected chi connectivity index (χ0v) is 8.89. The predicted octanol–water partition coefficient (Wildman–Crippen LogP) is 1.50. The van der Waals surface area contributed by atoms with Crippen LogP contribution in [0.2, 0.25) is 0 Å². The van der Waals surface area contributed by atoms with Crippen LogP contribution in [0.1, 0.15) is 5.56 Å². The number of benzene rings is 1. The average Bonchev–Trinajstić information content (AvgIpc) is 2.29. The molecule has 1 fully saturated rings. The number of aliphatic hydroxyl groups is 1. The molecule has 82 valence electrons. The van der Waals surface area contributed by atoms with Gasteiger partial charge in [0.15, 0.2) is 0 Å². The Labute approximate surface area is 93.7 Å². The van der Waals surface area contributed by atoms with Gasteiger partial charge in [-0.25, -0.2) is 0 Å². The normalized spacial score (nSPS) is 18.3. The molecule has 0 unspecified atom stereocenters. The van der Waals surface area contributed by atoms with Crippen LogP contribution in [0, 0.1) is 0 Å². The monoisotopic (exact) mass is 215 g/mol. The zero-order chi connectivity index (χ0) is 11.0. The number of para-hydroxylation sites is 1. The second-order valence-corrected chi connectivity index (χ2v) is 4.31. The summed E-state index contributed by atoms with van der Waals surface area (Å²) in [6.07, 6.45) is 1.80. The number of ether oxygens (including phenoxy) is 1. The van der Waals surface area contributed by atoms with Crippen LogP contribution in [0.3, 0.4) is 0 Å². The molecule has 3 heteroatoms. The molecule has 16 heavy (non-hydrogen) atoms. The van der Waals surface area contributed by atoms with Gasteiger partial charge in [-0.15, -0.1) is 0 Å². The lowest BCUT2D eigenvalue weighted by molar-refractivity contribution is -0.0834. The van der Waals surface area contributed by atoms with E-state index in [9.17, 15) is 5.11 Å². The summed E-state index contributed by atoms with van der Waals surface area (Å²) < 4.78 is 5.25. The Morgan fingerprint density at radius 1 is 1.25 bits per heavy atom. The first-order valence-corrected chi connectivity index (χ1v) is 5.39. The third kappa shape index (κ3) is 1.25. The van der Waals surface area contributed by atoms with Crippen molar-refractivity contribution >= 4 is 10.9 Å². The lowest BCUT2D eigenvalue weighted by Gasteiger charge is -2.40. The molecule has 1 aliphatic rings. The van der Waals surface area contributed by atoms with E-state index in [-0.39, 0.29) is 12.0 Å². The molecule has 1 aliphatic heterocycles. The first kappa shape index (κ1) is 9.75. The molecule has 0 aliphatic carbocycles. The maximum absolute atomic E-state index is 9.55. The van der Waals surface area contributed by atoms with Crippen molar-refractivity contribution < 1.29 is 9.84 Å². The highest BCUT2D eigenvalue weighted by atomic mass is 16.5. The van der Waals surface area contributed by atoms with Gasteiger partial charge in [-0.3, -0.25) is 4.98 Å². The van der Waals surface area contributed by atoms with Crippen molar-refractivity contribution in [1.82, 2.24) is 4.98 Å². The van der Waals surface area contributed by atoms with Crippen molar-refractivity contribution in [3.8, 4) is 0 Å². The lowest BCUT2D eigenvalue weighted by atomic mass is 9.78. The highest BCUT2D eigenvalue weighted by molar-refractivity contribution is 5.83. The van der Waals surface area contributed by atoms with Crippen molar-refractivity contribution in [3.63, 3.8) is 0 Å². The molecule has 3 rings (SSSR count). The Morgan fingerprint density at radius 2 is 2.06 bits per heavy atom. The van der Waals surface area contributed by atoms with Gasteiger partial charge in [0.25, 0.3) is 0 Å². The molecule has 1 N–H and O–H groups in total. The van der Waals surface area contributed by atoms with Crippen LogP contribution < -0.4 is 0 Å². The van der Waals surface area contributed by atoms with Gasteiger partial charge in [-0.2, -0.15) is 0 Å². The van der Waals surface area contributed by atoms with E-state index < -0.39 is 0 Å². The van der Waals surface area contributed by atoms with Crippen LogP contribution in [0.25, 0.3) is 10.9 Å². The minimum absolute atomic E-state index is 0.126. The summed E-state index contributed by atoms with van der Waals surface area (Å²) in [5.41, 5.74) is 1.90. The van der Waals surface area contributed by atoms with Gasteiger partial charge in [0.1, 0.15) is 0 Å². The van der Waals surface area contributed by atoms with Gasteiger partial charge < -0.3 is 9.84 Å². The molecule has 0 saturated carbocycles. The van der Waals surface area contributed by atoms with E-state index in [4.69, 9.17) is 4.74 Å². The summed E-state index contributed by atoms with van der Waals surface area (Å²) >= 11 is 0. The Bertz CT molecular complexity index is 509. The summed E-state index contributed by atoms with van der Waals surface area (Å²) in [6, 6.07) is 10.00. The molecule has 3 nitrogen and oxygen atoms in total. The van der Waals surface area contributed by atoms with E-state index >= 15 is 0 Å². The van der Waals surface area contributed by atoms with E-state index in [0.717, 1.165) is 16.5 Å². The quantitative estimate of drug-likeness (QED) is 0.825. The summed E-state index contributed by atoms with van der Waals surface area (Å²) in [4.78, 5) is 4.33. The van der Waals surface area contributed by atoms with E-state index in [1.165, 1.54) is 0 Å². The third-order valence-electron chi connectivity index (χ3n) is 3.28. The molecule has 0 amide bonds. The van der Waals surface area contributed by atoms with Crippen molar-refractivity contribution in [3.05, 3.63) is 42.1 Å². The van der Waals surface area contributed by atoms with Crippen LogP contribution in [0.4, 0.5) is 0 Å². The summed E-state index contributed by atoms with van der Waals surface area (Å²) in [6.45, 7) is 1.32. The first-order valence-electron chi connectivity index (χ1n) is 5.39. The highest BCUT2D eigenvalue weighted by Gasteiger charge is 2.40. The number of aliphatic hydroxyl groups excluding tert-OH is 1. The number of fused-ring (bicyclic) bond motifs is 1. The Balaban J connectivity index is 2.23. The van der Waals surface area contributed by atoms with Crippen molar-refractivity contribution in [2.45, 2.75) is 5.41 Å². The zero-order valence-electron chi connectivity index (χ0n) is 8.89. The molecular formula is C13H13NO2. The number of aromatic nitrogens is 1. The van der Waals surface area contributed by atoms with Crippen LogP contribution in [0.15, 0.2) is 36.5 Å². The number of nitrogens with zero attached hydrogens (tertiary/aromatic N) is 1. The van der Waals surface area contributed by atoms with E-state index in [1.807, 2.05) is 30.3 Å². The number of pyridine rings is 1. The SMILES string of the molecule is OCC1(c2ccnc3ccccc23)COC1. The fourth-order valence-corrected chi connectivity index (χ4v) is 2.24. The van der Waals surface area contributed by atoms with E-state index in [0.29, 0.717) is 13.2 Å². The summed E-state index contributed by atoms with van der Waals surface area (Å²) in [5, 5.41) is 10.7. The molecule has 0 bridgehead atoms. The minimum Gasteiger partial charge on any atom is -0.395 e. The van der Waals surface area contributed by atoms with E-state index in [2.05, 4.69) is 4.98 Å². The Morgan fingerprint density at radius 3 is 2.75 bits per heavy atom. The number of hydrogen-bond donors (Lipinski definition) is 1. The van der Waals surface area contributed by atoms with Gasteiger partial charge in [0, 0.05) is 11.6 Å². The van der Waals surface area contributed by atoms with E-state index in [1.54, 1.807) is 6.20 Å². The fourth-order valence-electron chi connectivity index (χ4n) is 2.24. The largest absolute Gasteiger partial charge is 0.395 e. The topological polar surface area (TPSA) is 42.4 Å². The first-order chi connectivity index (χ1) is 7.86. The maximum atomic E-state index is 9.55. The van der Waals surface area contributed by atoms with Gasteiger partial charge >= 0.3 is 0 Å². The standard InChI is InChI=1S/C13H13NO2/c15-7-13(8-16-9-13)11-5-6-14-12-4-2-1-3-10(11)12/h1-6,15H,7-9H2. The van der Waals surface area contributed by atoms with Crippen molar-refractivity contribution in [1.29, 1.82) is 0 Å². The molecule has 1 aromatic carbocycles. The molecule has 1 saturated heterocycles.